The van der Waals surface area contributed by atoms with Crippen molar-refractivity contribution < 1.29 is 13.2 Å². The van der Waals surface area contributed by atoms with E-state index in [1.807, 2.05) is 0 Å². The lowest BCUT2D eigenvalue weighted by Crippen LogP contribution is -2.47. The number of hydrogen-bond acceptors (Lipinski definition) is 5. The van der Waals surface area contributed by atoms with Crippen molar-refractivity contribution in [3.8, 4) is 0 Å². The van der Waals surface area contributed by atoms with Crippen LogP contribution in [0.1, 0.15) is 10.4 Å². The summed E-state index contributed by atoms with van der Waals surface area (Å²) in [5.74, 6) is 1.33. The van der Waals surface area contributed by atoms with Gasteiger partial charge in [-0.1, -0.05) is 17.7 Å². The molecule has 1 heterocycles. The number of halogens is 1. The van der Waals surface area contributed by atoms with Gasteiger partial charge in [-0.15, -0.1) is 0 Å². The van der Waals surface area contributed by atoms with Gasteiger partial charge in [0, 0.05) is 30.0 Å². The van der Waals surface area contributed by atoms with Gasteiger partial charge < -0.3 is 4.90 Å². The second-order valence-corrected chi connectivity index (χ2v) is 8.10. The molecular weight excluding hydrogens is 306 g/mol. The van der Waals surface area contributed by atoms with Crippen LogP contribution in [0.2, 0.25) is 5.02 Å². The van der Waals surface area contributed by atoms with Gasteiger partial charge in [-0.2, -0.15) is 11.8 Å². The number of nitrogens with zero attached hydrogens (tertiary/aromatic N) is 1. The smallest absolute Gasteiger partial charge is 0.169 e. The zero-order chi connectivity index (χ0) is 14.0. The minimum atomic E-state index is -3.21. The topological polar surface area (TPSA) is 54.5 Å². The molecule has 0 N–H and O–H groups in total. The van der Waals surface area contributed by atoms with E-state index in [-0.39, 0.29) is 0 Å². The van der Waals surface area contributed by atoms with Gasteiger partial charge in [-0.3, -0.25) is 4.79 Å². The lowest BCUT2D eigenvalue weighted by molar-refractivity contribution is 0.112. The first kappa shape index (κ1) is 14.7. The fourth-order valence-corrected chi connectivity index (χ4v) is 5.15. The molecule has 4 nitrogen and oxygen atoms in total. The van der Waals surface area contributed by atoms with Crippen LogP contribution in [-0.4, -0.2) is 44.4 Å². The third kappa shape index (κ3) is 3.07. The Morgan fingerprint density at radius 1 is 1.47 bits per heavy atom. The van der Waals surface area contributed by atoms with Gasteiger partial charge in [-0.25, -0.2) is 8.42 Å². The van der Waals surface area contributed by atoms with Crippen LogP contribution in [0.3, 0.4) is 0 Å². The van der Waals surface area contributed by atoms with Crippen molar-refractivity contribution in [2.75, 3.05) is 29.2 Å². The summed E-state index contributed by atoms with van der Waals surface area (Å²) in [6.07, 6.45) is 1.90. The molecule has 1 unspecified atom stereocenters. The van der Waals surface area contributed by atoms with Crippen LogP contribution < -0.4 is 4.90 Å². The predicted molar refractivity (Wildman–Crippen MR) is 80.1 cm³/mol. The zero-order valence-electron chi connectivity index (χ0n) is 10.4. The first-order valence-electron chi connectivity index (χ1n) is 5.72. The van der Waals surface area contributed by atoms with E-state index in [0.29, 0.717) is 34.9 Å². The van der Waals surface area contributed by atoms with Crippen LogP contribution in [0, 0.1) is 0 Å². The van der Waals surface area contributed by atoms with E-state index in [4.69, 9.17) is 11.6 Å². The Morgan fingerprint density at radius 2 is 2.21 bits per heavy atom. The van der Waals surface area contributed by atoms with E-state index < -0.39 is 15.2 Å². The highest BCUT2D eigenvalue weighted by atomic mass is 35.5. The Labute approximate surface area is 122 Å². The fourth-order valence-electron chi connectivity index (χ4n) is 2.10. The number of anilines is 1. The molecule has 0 aliphatic carbocycles. The minimum absolute atomic E-state index is 0.345. The van der Waals surface area contributed by atoms with Crippen molar-refractivity contribution >= 4 is 45.2 Å². The average Bonchev–Trinajstić information content (AvgIpc) is 2.37. The Kier molecular flexibility index (Phi) is 4.43. The van der Waals surface area contributed by atoms with Crippen LogP contribution >= 0.6 is 23.4 Å². The Balaban J connectivity index is 2.49. The number of hydrogen-bond donors (Lipinski definition) is 0. The SMILES string of the molecule is CS(=O)(=O)C1CSCCN1c1cccc(Cl)c1C=O. The van der Waals surface area contributed by atoms with Crippen molar-refractivity contribution in [2.24, 2.45) is 0 Å². The standard InChI is InChI=1S/C12H14ClNO3S2/c1-19(16,17)12-8-18-6-5-14(12)11-4-2-3-10(13)9(11)7-15/h2-4,7,12H,5-6,8H2,1H3. The molecule has 1 aromatic carbocycles. The summed E-state index contributed by atoms with van der Waals surface area (Å²) in [5, 5.41) is -0.263. The second kappa shape index (κ2) is 5.73. The quantitative estimate of drug-likeness (QED) is 0.798. The van der Waals surface area contributed by atoms with Crippen LogP contribution in [0.4, 0.5) is 5.69 Å². The highest BCUT2D eigenvalue weighted by Crippen LogP contribution is 2.31. The van der Waals surface area contributed by atoms with Crippen molar-refractivity contribution in [1.82, 2.24) is 0 Å². The summed E-state index contributed by atoms with van der Waals surface area (Å²) in [4.78, 5) is 12.9. The number of aldehydes is 1. The Hall–Kier alpha value is -0.720. The first-order chi connectivity index (χ1) is 8.95. The molecule has 2 rings (SSSR count). The van der Waals surface area contributed by atoms with Gasteiger partial charge in [0.05, 0.1) is 10.6 Å². The van der Waals surface area contributed by atoms with Gasteiger partial charge in [0.1, 0.15) is 5.37 Å². The number of thioether (sulfide) groups is 1. The second-order valence-electron chi connectivity index (χ2n) is 4.34. The summed E-state index contributed by atoms with van der Waals surface area (Å²) >= 11 is 7.60. The summed E-state index contributed by atoms with van der Waals surface area (Å²) in [6.45, 7) is 0.587. The van der Waals surface area contributed by atoms with Gasteiger partial charge in [0.25, 0.3) is 0 Å². The Bertz CT molecular complexity index is 589. The fraction of sp³-hybridized carbons (Fsp3) is 0.417. The largest absolute Gasteiger partial charge is 0.353 e. The predicted octanol–water partition coefficient (Wildman–Crippen LogP) is 2.08. The number of carbonyl (C=O) groups is 1. The molecule has 1 saturated heterocycles. The summed E-state index contributed by atoms with van der Waals surface area (Å²) in [5.41, 5.74) is 0.947. The molecule has 1 atom stereocenters. The molecule has 0 spiro atoms. The minimum Gasteiger partial charge on any atom is -0.353 e. The third-order valence-corrected chi connectivity index (χ3v) is 6.01. The third-order valence-electron chi connectivity index (χ3n) is 3.04. The van der Waals surface area contributed by atoms with E-state index in [1.165, 1.54) is 6.26 Å². The van der Waals surface area contributed by atoms with Crippen LogP contribution in [0.5, 0.6) is 0 Å². The molecule has 1 aliphatic heterocycles. The molecule has 1 aliphatic rings. The first-order valence-corrected chi connectivity index (χ1v) is 9.21. The maximum atomic E-state index is 11.9. The average molecular weight is 320 g/mol. The summed E-state index contributed by atoms with van der Waals surface area (Å²) in [7, 11) is -3.21. The number of sulfone groups is 1. The lowest BCUT2D eigenvalue weighted by atomic mass is 10.1. The van der Waals surface area contributed by atoms with Crippen LogP contribution in [-0.2, 0) is 9.84 Å². The molecule has 0 radical (unpaired) electrons. The van der Waals surface area contributed by atoms with Gasteiger partial charge in [-0.05, 0) is 12.1 Å². The maximum absolute atomic E-state index is 11.9. The lowest BCUT2D eigenvalue weighted by Gasteiger charge is -2.36. The van der Waals surface area contributed by atoms with Crippen LogP contribution in [0.25, 0.3) is 0 Å². The number of carbonyl (C=O) groups excluding carboxylic acids is 1. The zero-order valence-corrected chi connectivity index (χ0v) is 12.8. The van der Waals surface area contributed by atoms with E-state index in [2.05, 4.69) is 0 Å². The maximum Gasteiger partial charge on any atom is 0.169 e. The van der Waals surface area contributed by atoms with Gasteiger partial charge in [0.2, 0.25) is 0 Å². The van der Waals surface area contributed by atoms with Gasteiger partial charge >= 0.3 is 0 Å². The summed E-state index contributed by atoms with van der Waals surface area (Å²) in [6, 6.07) is 5.10. The van der Waals surface area contributed by atoms with Crippen molar-refractivity contribution in [1.29, 1.82) is 0 Å². The van der Waals surface area contributed by atoms with Crippen LogP contribution in [0.15, 0.2) is 18.2 Å². The molecule has 104 valence electrons. The van der Waals surface area contributed by atoms with Crippen molar-refractivity contribution in [2.45, 2.75) is 5.37 Å². The molecule has 1 fully saturated rings. The number of benzene rings is 1. The molecular formula is C12H14ClNO3S2. The molecule has 19 heavy (non-hydrogen) atoms. The molecule has 0 bridgehead atoms. The molecule has 1 aromatic rings. The molecule has 0 amide bonds. The summed E-state index contributed by atoms with van der Waals surface area (Å²) < 4.78 is 23.8. The Morgan fingerprint density at radius 3 is 2.84 bits per heavy atom. The van der Waals surface area contributed by atoms with E-state index >= 15 is 0 Å². The van der Waals surface area contributed by atoms with E-state index in [9.17, 15) is 13.2 Å². The highest BCUT2D eigenvalue weighted by molar-refractivity contribution is 8.01. The van der Waals surface area contributed by atoms with E-state index in [1.54, 1.807) is 34.9 Å². The van der Waals surface area contributed by atoms with Crippen molar-refractivity contribution in [3.05, 3.63) is 28.8 Å². The monoisotopic (exact) mass is 319 g/mol. The number of rotatable bonds is 3. The molecule has 0 saturated carbocycles. The molecule has 0 aromatic heterocycles. The van der Waals surface area contributed by atoms with E-state index in [0.717, 1.165) is 5.75 Å². The molecule has 7 heteroatoms. The normalized spacial score (nSPS) is 20.3. The van der Waals surface area contributed by atoms with Gasteiger partial charge in [0.15, 0.2) is 16.1 Å². The van der Waals surface area contributed by atoms with Crippen molar-refractivity contribution in [3.63, 3.8) is 0 Å². The highest BCUT2D eigenvalue weighted by Gasteiger charge is 2.32.